The molecule has 3 aromatic rings. The van der Waals surface area contributed by atoms with Gasteiger partial charge in [0, 0.05) is 18.5 Å². The molecule has 0 bridgehead atoms. The van der Waals surface area contributed by atoms with Gasteiger partial charge in [0.25, 0.3) is 0 Å². The average Bonchev–Trinajstić information content (AvgIpc) is 3.03. The van der Waals surface area contributed by atoms with Gasteiger partial charge in [-0.25, -0.2) is 9.37 Å². The van der Waals surface area contributed by atoms with Crippen LogP contribution >= 0.6 is 11.8 Å². The maximum atomic E-state index is 13.8. The monoisotopic (exact) mass is 358 g/mol. The lowest BCUT2D eigenvalue weighted by Crippen LogP contribution is -2.00. The molecule has 0 radical (unpaired) electrons. The Hall–Kier alpha value is -2.31. The van der Waals surface area contributed by atoms with E-state index in [1.165, 1.54) is 17.8 Å². The van der Waals surface area contributed by atoms with Crippen molar-refractivity contribution in [3.05, 3.63) is 77.4 Å². The summed E-state index contributed by atoms with van der Waals surface area (Å²) in [5, 5.41) is 10.1. The first-order chi connectivity index (χ1) is 12.2. The summed E-state index contributed by atoms with van der Waals surface area (Å²) in [6.07, 6.45) is 1.83. The maximum Gasteiger partial charge on any atom is 0.168 e. The van der Waals surface area contributed by atoms with Gasteiger partial charge in [-0.15, -0.1) is 0 Å². The van der Waals surface area contributed by atoms with Crippen molar-refractivity contribution in [2.75, 3.05) is 7.11 Å². The molecular weight excluding hydrogens is 339 g/mol. The quantitative estimate of drug-likeness (QED) is 0.652. The molecule has 0 fully saturated rings. The van der Waals surface area contributed by atoms with E-state index in [2.05, 4.69) is 4.98 Å². The van der Waals surface area contributed by atoms with Gasteiger partial charge in [0.2, 0.25) is 0 Å². The number of hydrogen-bond donors (Lipinski definition) is 1. The normalized spacial score (nSPS) is 10.8. The predicted octanol–water partition coefficient (Wildman–Crippen LogP) is 3.86. The van der Waals surface area contributed by atoms with E-state index in [1.54, 1.807) is 19.2 Å². The first-order valence-electron chi connectivity index (χ1n) is 7.85. The number of benzene rings is 2. The van der Waals surface area contributed by atoms with E-state index < -0.39 is 0 Å². The molecule has 0 unspecified atom stereocenters. The Bertz CT molecular complexity index is 834. The highest BCUT2D eigenvalue weighted by atomic mass is 32.2. The highest BCUT2D eigenvalue weighted by molar-refractivity contribution is 7.98. The predicted molar refractivity (Wildman–Crippen MR) is 96.2 cm³/mol. The summed E-state index contributed by atoms with van der Waals surface area (Å²) in [5.74, 6) is 1.07. The van der Waals surface area contributed by atoms with Crippen LogP contribution in [-0.4, -0.2) is 21.8 Å². The Morgan fingerprint density at radius 3 is 2.60 bits per heavy atom. The van der Waals surface area contributed by atoms with Crippen molar-refractivity contribution >= 4 is 11.8 Å². The summed E-state index contributed by atoms with van der Waals surface area (Å²) in [4.78, 5) is 4.43. The summed E-state index contributed by atoms with van der Waals surface area (Å²) in [6.45, 7) is 0.499. The van der Waals surface area contributed by atoms with E-state index in [4.69, 9.17) is 4.74 Å². The van der Waals surface area contributed by atoms with E-state index in [0.717, 1.165) is 16.5 Å². The molecule has 130 valence electrons. The first-order valence-corrected chi connectivity index (χ1v) is 8.84. The summed E-state index contributed by atoms with van der Waals surface area (Å²) >= 11 is 1.45. The van der Waals surface area contributed by atoms with E-state index in [9.17, 15) is 9.50 Å². The maximum absolute atomic E-state index is 13.8. The van der Waals surface area contributed by atoms with Crippen LogP contribution in [0.25, 0.3) is 0 Å². The Balaban J connectivity index is 1.76. The van der Waals surface area contributed by atoms with Gasteiger partial charge in [-0.2, -0.15) is 0 Å². The molecule has 0 atom stereocenters. The molecular formula is C19H19FN2O2S. The van der Waals surface area contributed by atoms with Crippen molar-refractivity contribution in [3.63, 3.8) is 0 Å². The molecule has 0 spiro atoms. The number of methoxy groups -OCH3 is 1. The molecule has 3 rings (SSSR count). The lowest BCUT2D eigenvalue weighted by molar-refractivity contribution is 0.277. The van der Waals surface area contributed by atoms with Gasteiger partial charge < -0.3 is 14.4 Å². The minimum Gasteiger partial charge on any atom is -0.497 e. The summed E-state index contributed by atoms with van der Waals surface area (Å²) in [6, 6.07) is 14.5. The SMILES string of the molecule is COc1ccc(Cn2cc(CO)nc2SCc2ccccc2F)cc1. The Labute approximate surface area is 150 Å². The molecule has 1 N–H and O–H groups in total. The zero-order chi connectivity index (χ0) is 17.6. The van der Waals surface area contributed by atoms with Gasteiger partial charge in [-0.05, 0) is 29.3 Å². The number of thioether (sulfide) groups is 1. The first kappa shape index (κ1) is 17.5. The third-order valence-electron chi connectivity index (χ3n) is 3.78. The Kier molecular flexibility index (Phi) is 5.73. The van der Waals surface area contributed by atoms with E-state index in [0.29, 0.717) is 23.6 Å². The lowest BCUT2D eigenvalue weighted by Gasteiger charge is -2.09. The molecule has 1 heterocycles. The van der Waals surface area contributed by atoms with Crippen molar-refractivity contribution in [1.29, 1.82) is 0 Å². The molecule has 0 saturated carbocycles. The number of halogens is 1. The van der Waals surface area contributed by atoms with Crippen LogP contribution in [0.1, 0.15) is 16.8 Å². The van der Waals surface area contributed by atoms with E-state index >= 15 is 0 Å². The molecule has 25 heavy (non-hydrogen) atoms. The number of aliphatic hydroxyl groups excluding tert-OH is 1. The second kappa shape index (κ2) is 8.18. The second-order valence-corrected chi connectivity index (χ2v) is 6.47. The lowest BCUT2D eigenvalue weighted by atomic mass is 10.2. The van der Waals surface area contributed by atoms with Gasteiger partial charge >= 0.3 is 0 Å². The molecule has 1 aromatic heterocycles. The molecule has 4 nitrogen and oxygen atoms in total. The summed E-state index contributed by atoms with van der Waals surface area (Å²) in [5.41, 5.74) is 2.33. The van der Waals surface area contributed by atoms with Gasteiger partial charge in [-0.3, -0.25) is 0 Å². The highest BCUT2D eigenvalue weighted by Crippen LogP contribution is 2.25. The number of aromatic nitrogens is 2. The number of hydrogen-bond acceptors (Lipinski definition) is 4. The molecule has 2 aromatic carbocycles. The zero-order valence-corrected chi connectivity index (χ0v) is 14.7. The topological polar surface area (TPSA) is 47.3 Å². The Morgan fingerprint density at radius 2 is 1.92 bits per heavy atom. The van der Waals surface area contributed by atoms with Crippen molar-refractivity contribution in [3.8, 4) is 5.75 Å². The van der Waals surface area contributed by atoms with Gasteiger partial charge in [0.15, 0.2) is 5.16 Å². The average molecular weight is 358 g/mol. The molecule has 0 aliphatic heterocycles. The van der Waals surface area contributed by atoms with Crippen LogP contribution in [-0.2, 0) is 18.9 Å². The third-order valence-corrected chi connectivity index (χ3v) is 4.82. The third kappa shape index (κ3) is 4.41. The number of rotatable bonds is 7. The zero-order valence-electron chi connectivity index (χ0n) is 13.9. The van der Waals surface area contributed by atoms with Crippen LogP contribution in [0.5, 0.6) is 5.75 Å². The number of aliphatic hydroxyl groups is 1. The fourth-order valence-electron chi connectivity index (χ4n) is 2.44. The second-order valence-electron chi connectivity index (χ2n) is 5.53. The minimum absolute atomic E-state index is 0.122. The number of imidazole rings is 1. The van der Waals surface area contributed by atoms with Crippen LogP contribution in [0.15, 0.2) is 59.9 Å². The molecule has 6 heteroatoms. The van der Waals surface area contributed by atoms with Crippen molar-refractivity contribution < 1.29 is 14.2 Å². The van der Waals surface area contributed by atoms with Crippen LogP contribution in [0, 0.1) is 5.82 Å². The van der Waals surface area contributed by atoms with Crippen LogP contribution in [0.4, 0.5) is 4.39 Å². The van der Waals surface area contributed by atoms with Crippen molar-refractivity contribution in [2.24, 2.45) is 0 Å². The van der Waals surface area contributed by atoms with Crippen LogP contribution < -0.4 is 4.74 Å². The van der Waals surface area contributed by atoms with Crippen molar-refractivity contribution in [2.45, 2.75) is 24.1 Å². The standard InChI is InChI=1S/C19H19FN2O2S/c1-24-17-8-6-14(7-9-17)10-22-11-16(12-23)21-19(22)25-13-15-4-2-3-5-18(15)20/h2-9,11,23H,10,12-13H2,1H3. The fraction of sp³-hybridized carbons (Fsp3) is 0.211. The molecule has 0 saturated heterocycles. The largest absolute Gasteiger partial charge is 0.497 e. The summed E-state index contributed by atoms with van der Waals surface area (Å²) < 4.78 is 20.9. The van der Waals surface area contributed by atoms with Crippen LogP contribution in [0.2, 0.25) is 0 Å². The van der Waals surface area contributed by atoms with E-state index in [-0.39, 0.29) is 12.4 Å². The molecule has 0 amide bonds. The Morgan fingerprint density at radius 1 is 1.16 bits per heavy atom. The number of nitrogens with zero attached hydrogens (tertiary/aromatic N) is 2. The molecule has 0 aliphatic carbocycles. The summed E-state index contributed by atoms with van der Waals surface area (Å²) in [7, 11) is 1.63. The fourth-order valence-corrected chi connectivity index (χ4v) is 3.42. The van der Waals surface area contributed by atoms with Gasteiger partial charge in [0.1, 0.15) is 11.6 Å². The van der Waals surface area contributed by atoms with Gasteiger partial charge in [0.05, 0.1) is 19.4 Å². The van der Waals surface area contributed by atoms with E-state index in [1.807, 2.05) is 41.1 Å². The highest BCUT2D eigenvalue weighted by Gasteiger charge is 2.11. The van der Waals surface area contributed by atoms with Gasteiger partial charge in [-0.1, -0.05) is 42.1 Å². The van der Waals surface area contributed by atoms with Crippen molar-refractivity contribution in [1.82, 2.24) is 9.55 Å². The van der Waals surface area contributed by atoms with Crippen LogP contribution in [0.3, 0.4) is 0 Å². The molecule has 0 aliphatic rings. The smallest absolute Gasteiger partial charge is 0.168 e. The number of ether oxygens (including phenoxy) is 1. The minimum atomic E-state index is -0.217.